The van der Waals surface area contributed by atoms with Crippen LogP contribution in [0.1, 0.15) is 33.1 Å². The molecule has 0 radical (unpaired) electrons. The lowest BCUT2D eigenvalue weighted by Gasteiger charge is -2.15. The van der Waals surface area contributed by atoms with Crippen molar-refractivity contribution in [1.82, 2.24) is 10.4 Å². The van der Waals surface area contributed by atoms with E-state index in [1.165, 1.54) is 5.06 Å². The Bertz CT molecular complexity index is 393. The molecule has 0 fully saturated rings. The highest BCUT2D eigenvalue weighted by atomic mass is 32.2. The molecule has 0 aliphatic rings. The predicted octanol–water partition coefficient (Wildman–Crippen LogP) is 1.06. The van der Waals surface area contributed by atoms with Gasteiger partial charge in [0.2, 0.25) is 5.91 Å². The highest BCUT2D eigenvalue weighted by Gasteiger charge is 2.13. The summed E-state index contributed by atoms with van der Waals surface area (Å²) in [6.07, 6.45) is 2.01. The molecule has 0 bridgehead atoms. The summed E-state index contributed by atoms with van der Waals surface area (Å²) < 4.78 is 27.6. The van der Waals surface area contributed by atoms with Gasteiger partial charge in [0, 0.05) is 25.7 Å². The summed E-state index contributed by atoms with van der Waals surface area (Å²) in [5.41, 5.74) is 0.478. The molecule has 0 aliphatic heterocycles. The van der Waals surface area contributed by atoms with Crippen LogP contribution in [0.5, 0.6) is 0 Å². The Morgan fingerprint density at radius 2 is 2.00 bits per heavy atom. The molecule has 1 N–H and O–H groups in total. The average molecular weight is 292 g/mol. The molecule has 0 unspecified atom stereocenters. The van der Waals surface area contributed by atoms with Crippen LogP contribution >= 0.6 is 0 Å². The molecule has 0 spiro atoms. The number of hydrogen-bond donors (Lipinski definition) is 1. The van der Waals surface area contributed by atoms with Gasteiger partial charge in [0.15, 0.2) is 0 Å². The molecule has 19 heavy (non-hydrogen) atoms. The summed E-state index contributed by atoms with van der Waals surface area (Å²) in [6.45, 7) is 8.00. The number of carbonyl (C=O) groups is 1. The molecule has 0 heterocycles. The first-order chi connectivity index (χ1) is 8.78. The van der Waals surface area contributed by atoms with Crippen molar-refractivity contribution in [3.63, 3.8) is 0 Å². The second-order valence-corrected chi connectivity index (χ2v) is 6.10. The molecule has 6 nitrogen and oxygen atoms in total. The van der Waals surface area contributed by atoms with Crippen LogP contribution in [-0.2, 0) is 19.2 Å². The van der Waals surface area contributed by atoms with E-state index in [9.17, 15) is 13.2 Å². The third kappa shape index (κ3) is 9.63. The van der Waals surface area contributed by atoms with Crippen molar-refractivity contribution in [3.8, 4) is 0 Å². The van der Waals surface area contributed by atoms with E-state index in [1.54, 1.807) is 20.9 Å². The number of rotatable bonds is 10. The largest absolute Gasteiger partial charge is 0.352 e. The van der Waals surface area contributed by atoms with Crippen LogP contribution in [0.25, 0.3) is 0 Å². The van der Waals surface area contributed by atoms with E-state index >= 15 is 0 Å². The summed E-state index contributed by atoms with van der Waals surface area (Å²) in [5.74, 6) is -0.137. The van der Waals surface area contributed by atoms with Gasteiger partial charge in [-0.25, -0.2) is 0 Å². The highest BCUT2D eigenvalue weighted by molar-refractivity contribution is 7.86. The normalized spacial score (nSPS) is 11.6. The second kappa shape index (κ2) is 9.06. The first-order valence-corrected chi connectivity index (χ1v) is 7.93. The van der Waals surface area contributed by atoms with Gasteiger partial charge in [-0.05, 0) is 26.2 Å². The van der Waals surface area contributed by atoms with E-state index in [2.05, 4.69) is 11.9 Å². The van der Waals surface area contributed by atoms with Crippen molar-refractivity contribution in [2.45, 2.75) is 33.1 Å². The zero-order valence-electron chi connectivity index (χ0n) is 11.9. The van der Waals surface area contributed by atoms with Crippen molar-refractivity contribution in [2.24, 2.45) is 0 Å². The van der Waals surface area contributed by atoms with E-state index in [0.29, 0.717) is 25.1 Å². The van der Waals surface area contributed by atoms with Crippen LogP contribution < -0.4 is 5.32 Å². The Hall–Kier alpha value is -0.920. The maximum Gasteiger partial charge on any atom is 0.283 e. The van der Waals surface area contributed by atoms with Gasteiger partial charge in [-0.15, -0.1) is 0 Å². The van der Waals surface area contributed by atoms with Crippen LogP contribution in [0.15, 0.2) is 12.2 Å². The van der Waals surface area contributed by atoms with Gasteiger partial charge < -0.3 is 5.32 Å². The Kier molecular flexibility index (Phi) is 8.62. The smallest absolute Gasteiger partial charge is 0.283 e. The zero-order chi connectivity index (χ0) is 14.9. The molecular formula is C12H24N2O4S. The maximum atomic E-state index is 11.4. The van der Waals surface area contributed by atoms with E-state index < -0.39 is 10.1 Å². The summed E-state index contributed by atoms with van der Waals surface area (Å²) in [7, 11) is -1.87. The van der Waals surface area contributed by atoms with E-state index in [-0.39, 0.29) is 11.7 Å². The van der Waals surface area contributed by atoms with Crippen molar-refractivity contribution in [1.29, 1.82) is 0 Å². The number of unbranched alkanes of at least 4 members (excludes halogenated alkanes) is 1. The van der Waals surface area contributed by atoms with E-state index in [0.717, 1.165) is 12.8 Å². The highest BCUT2D eigenvalue weighted by Crippen LogP contribution is 2.01. The minimum atomic E-state index is -3.45. The third-order valence-electron chi connectivity index (χ3n) is 2.27. The number of nitrogens with one attached hydrogen (secondary N) is 1. The first-order valence-electron chi connectivity index (χ1n) is 6.35. The van der Waals surface area contributed by atoms with Crippen molar-refractivity contribution >= 4 is 16.0 Å². The standard InChI is InChI=1S/C12H24N2O4S/c1-5-10-19(16,17)18-14(4)9-7-6-8-13-12(15)11(2)3/h2,5-10H2,1,3-4H3,(H,13,15). The Balaban J connectivity index is 3.73. The number of amides is 1. The lowest BCUT2D eigenvalue weighted by molar-refractivity contribution is -0.117. The number of nitrogens with zero attached hydrogens (tertiary/aromatic N) is 1. The fourth-order valence-corrected chi connectivity index (χ4v) is 2.37. The van der Waals surface area contributed by atoms with Gasteiger partial charge in [0.25, 0.3) is 10.1 Å². The summed E-state index contributed by atoms with van der Waals surface area (Å²) in [6, 6.07) is 0. The molecule has 0 saturated carbocycles. The van der Waals surface area contributed by atoms with E-state index in [1.807, 2.05) is 0 Å². The Morgan fingerprint density at radius 1 is 1.37 bits per heavy atom. The monoisotopic (exact) mass is 292 g/mol. The summed E-state index contributed by atoms with van der Waals surface area (Å²) >= 11 is 0. The molecule has 7 heteroatoms. The van der Waals surface area contributed by atoms with Crippen molar-refractivity contribution in [3.05, 3.63) is 12.2 Å². The fraction of sp³-hybridized carbons (Fsp3) is 0.750. The molecule has 0 rings (SSSR count). The topological polar surface area (TPSA) is 75.7 Å². The predicted molar refractivity (Wildman–Crippen MR) is 74.9 cm³/mol. The van der Waals surface area contributed by atoms with Gasteiger partial charge in [-0.3, -0.25) is 4.79 Å². The SMILES string of the molecule is C=C(C)C(=O)NCCCCN(C)OS(=O)(=O)CCC. The number of carbonyl (C=O) groups excluding carboxylic acids is 1. The fourth-order valence-electron chi connectivity index (χ4n) is 1.33. The van der Waals surface area contributed by atoms with Gasteiger partial charge >= 0.3 is 0 Å². The molecule has 1 amide bonds. The number of hydroxylamine groups is 2. The summed E-state index contributed by atoms with van der Waals surface area (Å²) in [5, 5.41) is 4.02. The van der Waals surface area contributed by atoms with Gasteiger partial charge in [-0.1, -0.05) is 13.5 Å². The van der Waals surface area contributed by atoms with Crippen molar-refractivity contribution in [2.75, 3.05) is 25.9 Å². The van der Waals surface area contributed by atoms with Gasteiger partial charge in [0.05, 0.1) is 5.75 Å². The van der Waals surface area contributed by atoms with E-state index in [4.69, 9.17) is 4.28 Å². The lowest BCUT2D eigenvalue weighted by atomic mass is 10.3. The Morgan fingerprint density at radius 3 is 2.53 bits per heavy atom. The average Bonchev–Trinajstić information content (AvgIpc) is 2.27. The number of hydrogen-bond acceptors (Lipinski definition) is 5. The van der Waals surface area contributed by atoms with Gasteiger partial charge in [0.1, 0.15) is 0 Å². The molecule has 0 aromatic rings. The van der Waals surface area contributed by atoms with Crippen LogP contribution in [0.4, 0.5) is 0 Å². The lowest BCUT2D eigenvalue weighted by Crippen LogP contribution is -2.28. The molecule has 0 aliphatic carbocycles. The molecule has 0 saturated heterocycles. The quantitative estimate of drug-likeness (QED) is 0.370. The van der Waals surface area contributed by atoms with Crippen molar-refractivity contribution < 1.29 is 17.5 Å². The van der Waals surface area contributed by atoms with Crippen LogP contribution in [0, 0.1) is 0 Å². The minimum Gasteiger partial charge on any atom is -0.352 e. The molecule has 0 atom stereocenters. The third-order valence-corrected chi connectivity index (χ3v) is 3.66. The first kappa shape index (κ1) is 18.1. The second-order valence-electron chi connectivity index (χ2n) is 4.43. The summed E-state index contributed by atoms with van der Waals surface area (Å²) in [4.78, 5) is 11.2. The molecular weight excluding hydrogens is 268 g/mol. The Labute approximate surface area is 115 Å². The van der Waals surface area contributed by atoms with Crippen LogP contribution in [0.3, 0.4) is 0 Å². The zero-order valence-corrected chi connectivity index (χ0v) is 12.8. The van der Waals surface area contributed by atoms with Gasteiger partial charge in [-0.2, -0.15) is 17.8 Å². The maximum absolute atomic E-state index is 11.4. The minimum absolute atomic E-state index is 0.0199. The van der Waals surface area contributed by atoms with Crippen LogP contribution in [0.2, 0.25) is 0 Å². The molecule has 0 aromatic heterocycles. The molecule has 0 aromatic carbocycles. The van der Waals surface area contributed by atoms with Crippen LogP contribution in [-0.4, -0.2) is 45.3 Å². The molecule has 112 valence electrons.